The lowest BCUT2D eigenvalue weighted by Crippen LogP contribution is -2.47. The largest absolute Gasteiger partial charge is 0.343 e. The van der Waals surface area contributed by atoms with E-state index in [1.54, 1.807) is 13.8 Å². The van der Waals surface area contributed by atoms with Gasteiger partial charge in [0.05, 0.1) is 17.1 Å². The lowest BCUT2D eigenvalue weighted by molar-refractivity contribution is -0.130. The topological polar surface area (TPSA) is 87.3 Å². The maximum Gasteiger partial charge on any atom is 0.257 e. The average molecular weight is 332 g/mol. The van der Waals surface area contributed by atoms with E-state index in [4.69, 9.17) is 23.2 Å². The molecule has 1 rings (SSSR count). The summed E-state index contributed by atoms with van der Waals surface area (Å²) in [5, 5.41) is 2.98. The van der Waals surface area contributed by atoms with E-state index in [0.29, 0.717) is 5.02 Å². The Morgan fingerprint density at radius 3 is 2.38 bits per heavy atom. The Morgan fingerprint density at radius 2 is 1.81 bits per heavy atom. The Morgan fingerprint density at radius 1 is 1.14 bits per heavy atom. The predicted molar refractivity (Wildman–Crippen MR) is 79.9 cm³/mol. The molecule has 0 heterocycles. The van der Waals surface area contributed by atoms with Gasteiger partial charge >= 0.3 is 0 Å². The highest BCUT2D eigenvalue weighted by atomic mass is 35.5. The van der Waals surface area contributed by atoms with Crippen LogP contribution in [0, 0.1) is 5.92 Å². The van der Waals surface area contributed by atoms with Crippen molar-refractivity contribution >= 4 is 40.9 Å². The monoisotopic (exact) mass is 331 g/mol. The van der Waals surface area contributed by atoms with E-state index in [1.165, 1.54) is 18.2 Å². The third-order valence-corrected chi connectivity index (χ3v) is 2.98. The first-order chi connectivity index (χ1) is 9.81. The highest BCUT2D eigenvalue weighted by Gasteiger charge is 2.13. The number of hydrogen-bond donors (Lipinski definition) is 3. The summed E-state index contributed by atoms with van der Waals surface area (Å²) >= 11 is 11.6. The van der Waals surface area contributed by atoms with Crippen molar-refractivity contribution in [3.05, 3.63) is 33.8 Å². The number of rotatable bonds is 4. The Kier molecular flexibility index (Phi) is 6.45. The van der Waals surface area contributed by atoms with Crippen LogP contribution in [0.15, 0.2) is 18.2 Å². The number of amides is 3. The first kappa shape index (κ1) is 17.3. The van der Waals surface area contributed by atoms with Gasteiger partial charge in [0.1, 0.15) is 0 Å². The van der Waals surface area contributed by atoms with Gasteiger partial charge in [0.25, 0.3) is 11.8 Å². The second-order valence-electron chi connectivity index (χ2n) is 4.50. The van der Waals surface area contributed by atoms with Gasteiger partial charge in [-0.2, -0.15) is 0 Å². The molecule has 0 spiro atoms. The van der Waals surface area contributed by atoms with Crippen molar-refractivity contribution in [3.8, 4) is 0 Å². The lowest BCUT2D eigenvalue weighted by Gasteiger charge is -2.10. The Labute approximate surface area is 132 Å². The molecule has 6 nitrogen and oxygen atoms in total. The molecule has 0 atom stereocenters. The Hall–Kier alpha value is -1.79. The minimum Gasteiger partial charge on any atom is -0.343 e. The molecule has 1 aromatic rings. The first-order valence-corrected chi connectivity index (χ1v) is 6.88. The predicted octanol–water partition coefficient (Wildman–Crippen LogP) is 1.53. The second-order valence-corrected chi connectivity index (χ2v) is 5.34. The number of hydrogen-bond acceptors (Lipinski definition) is 3. The zero-order valence-electron chi connectivity index (χ0n) is 11.5. The van der Waals surface area contributed by atoms with Gasteiger partial charge in [0.15, 0.2) is 0 Å². The van der Waals surface area contributed by atoms with E-state index in [2.05, 4.69) is 16.2 Å². The number of carbonyl (C=O) groups excluding carboxylic acids is 3. The third kappa shape index (κ3) is 5.61. The second kappa shape index (κ2) is 7.85. The van der Waals surface area contributed by atoms with E-state index in [1.807, 2.05) is 0 Å². The summed E-state index contributed by atoms with van der Waals surface area (Å²) in [6, 6.07) is 4.41. The van der Waals surface area contributed by atoms with Gasteiger partial charge in [-0.15, -0.1) is 0 Å². The summed E-state index contributed by atoms with van der Waals surface area (Å²) in [5.74, 6) is -1.65. The van der Waals surface area contributed by atoms with Crippen LogP contribution in [0.3, 0.4) is 0 Å². The number of nitrogens with one attached hydrogen (secondary N) is 3. The van der Waals surface area contributed by atoms with Crippen molar-refractivity contribution in [2.24, 2.45) is 5.92 Å². The van der Waals surface area contributed by atoms with Crippen LogP contribution in [0.25, 0.3) is 0 Å². The Bertz CT molecular complexity index is 562. The van der Waals surface area contributed by atoms with Gasteiger partial charge in [-0.3, -0.25) is 25.2 Å². The van der Waals surface area contributed by atoms with Gasteiger partial charge in [-0.25, -0.2) is 0 Å². The molecular formula is C13H15Cl2N3O3. The number of halogens is 2. The summed E-state index contributed by atoms with van der Waals surface area (Å²) in [6.45, 7) is 3.08. The molecule has 3 N–H and O–H groups in total. The fourth-order valence-electron chi connectivity index (χ4n) is 1.25. The zero-order chi connectivity index (χ0) is 16.0. The molecule has 114 valence electrons. The summed E-state index contributed by atoms with van der Waals surface area (Å²) in [4.78, 5) is 34.5. The molecule has 0 saturated carbocycles. The molecule has 0 fully saturated rings. The molecule has 0 aliphatic rings. The quantitative estimate of drug-likeness (QED) is 0.731. The van der Waals surface area contributed by atoms with Gasteiger partial charge < -0.3 is 5.32 Å². The maximum atomic E-state index is 11.8. The lowest BCUT2D eigenvalue weighted by atomic mass is 10.2. The summed E-state index contributed by atoms with van der Waals surface area (Å²) in [5.41, 5.74) is 4.63. The smallest absolute Gasteiger partial charge is 0.257 e. The van der Waals surface area contributed by atoms with Crippen molar-refractivity contribution in [2.75, 3.05) is 6.54 Å². The van der Waals surface area contributed by atoms with Crippen molar-refractivity contribution < 1.29 is 14.4 Å². The van der Waals surface area contributed by atoms with E-state index in [9.17, 15) is 14.4 Å². The molecule has 0 aromatic heterocycles. The molecular weight excluding hydrogens is 317 g/mol. The third-order valence-electron chi connectivity index (χ3n) is 2.43. The fourth-order valence-corrected chi connectivity index (χ4v) is 1.74. The van der Waals surface area contributed by atoms with Gasteiger partial charge in [0.2, 0.25) is 5.91 Å². The molecule has 21 heavy (non-hydrogen) atoms. The van der Waals surface area contributed by atoms with Crippen LogP contribution in [-0.2, 0) is 9.59 Å². The summed E-state index contributed by atoms with van der Waals surface area (Å²) < 4.78 is 0. The van der Waals surface area contributed by atoms with E-state index >= 15 is 0 Å². The van der Waals surface area contributed by atoms with Crippen molar-refractivity contribution in [1.82, 2.24) is 16.2 Å². The molecule has 3 amide bonds. The van der Waals surface area contributed by atoms with E-state index < -0.39 is 11.8 Å². The van der Waals surface area contributed by atoms with Crippen LogP contribution in [0.1, 0.15) is 24.2 Å². The zero-order valence-corrected chi connectivity index (χ0v) is 13.0. The van der Waals surface area contributed by atoms with Crippen LogP contribution in [-0.4, -0.2) is 24.3 Å². The van der Waals surface area contributed by atoms with Crippen LogP contribution in [0.2, 0.25) is 10.0 Å². The molecule has 0 bridgehead atoms. The van der Waals surface area contributed by atoms with Crippen molar-refractivity contribution in [3.63, 3.8) is 0 Å². The SMILES string of the molecule is CC(C)C(=O)NNC(=O)CNC(=O)c1ccc(Cl)cc1Cl. The number of carbonyl (C=O) groups is 3. The summed E-state index contributed by atoms with van der Waals surface area (Å²) in [6.07, 6.45) is 0. The normalized spacial score (nSPS) is 10.1. The molecule has 0 aliphatic carbocycles. The van der Waals surface area contributed by atoms with Crippen LogP contribution >= 0.6 is 23.2 Å². The molecule has 1 aromatic carbocycles. The molecule has 0 aliphatic heterocycles. The van der Waals surface area contributed by atoms with Gasteiger partial charge in [0, 0.05) is 10.9 Å². The fraction of sp³-hybridized carbons (Fsp3) is 0.308. The minimum absolute atomic E-state index is 0.188. The number of benzene rings is 1. The highest BCUT2D eigenvalue weighted by molar-refractivity contribution is 6.36. The molecule has 0 radical (unpaired) electrons. The molecule has 8 heteroatoms. The van der Waals surface area contributed by atoms with Crippen molar-refractivity contribution in [1.29, 1.82) is 0 Å². The van der Waals surface area contributed by atoms with E-state index in [0.717, 1.165) is 0 Å². The summed E-state index contributed by atoms with van der Waals surface area (Å²) in [7, 11) is 0. The Balaban J connectivity index is 2.46. The standard InChI is InChI=1S/C13H15Cl2N3O3/c1-7(2)12(20)18-17-11(19)6-16-13(21)9-4-3-8(14)5-10(9)15/h3-5,7H,6H2,1-2H3,(H,16,21)(H,17,19)(H,18,20). The van der Waals surface area contributed by atoms with E-state index in [-0.39, 0.29) is 29.0 Å². The van der Waals surface area contributed by atoms with Gasteiger partial charge in [-0.1, -0.05) is 37.0 Å². The average Bonchev–Trinajstić information content (AvgIpc) is 2.41. The van der Waals surface area contributed by atoms with Crippen LogP contribution < -0.4 is 16.2 Å². The highest BCUT2D eigenvalue weighted by Crippen LogP contribution is 2.20. The minimum atomic E-state index is -0.553. The van der Waals surface area contributed by atoms with Crippen LogP contribution in [0.4, 0.5) is 0 Å². The van der Waals surface area contributed by atoms with Crippen molar-refractivity contribution in [2.45, 2.75) is 13.8 Å². The first-order valence-electron chi connectivity index (χ1n) is 6.13. The molecule has 0 unspecified atom stereocenters. The molecule has 0 saturated heterocycles. The maximum absolute atomic E-state index is 11.8. The van der Waals surface area contributed by atoms with Crippen LogP contribution in [0.5, 0.6) is 0 Å². The number of hydrazine groups is 1. The van der Waals surface area contributed by atoms with Gasteiger partial charge in [-0.05, 0) is 18.2 Å².